The van der Waals surface area contributed by atoms with Crippen LogP contribution in [-0.4, -0.2) is 30.3 Å². The minimum atomic E-state index is 0.0994. The van der Waals surface area contributed by atoms with Crippen LogP contribution in [0.15, 0.2) is 0 Å². The maximum Gasteiger partial charge on any atom is 0.0568 e. The van der Waals surface area contributed by atoms with E-state index in [0.29, 0.717) is 23.7 Å². The van der Waals surface area contributed by atoms with Crippen LogP contribution in [0.5, 0.6) is 0 Å². The molecule has 2 rings (SSSR count). The van der Waals surface area contributed by atoms with Gasteiger partial charge >= 0.3 is 0 Å². The standard InChI is InChI=1S/C15H30N2O/c1-11-7-15(10-16,8-12(2)18-11)17-13-5-6-14(3,4)9-13/h11-13,17H,5-10,16H2,1-4H3. The molecule has 1 saturated carbocycles. The summed E-state index contributed by atoms with van der Waals surface area (Å²) >= 11 is 0. The van der Waals surface area contributed by atoms with E-state index in [1.807, 2.05) is 0 Å². The lowest BCUT2D eigenvalue weighted by Crippen LogP contribution is -2.60. The Hall–Kier alpha value is -0.120. The van der Waals surface area contributed by atoms with Gasteiger partial charge in [-0.15, -0.1) is 0 Å². The van der Waals surface area contributed by atoms with Crippen LogP contribution in [0.4, 0.5) is 0 Å². The summed E-state index contributed by atoms with van der Waals surface area (Å²) in [6.07, 6.45) is 6.62. The first-order valence-corrected chi connectivity index (χ1v) is 7.47. The van der Waals surface area contributed by atoms with Crippen molar-refractivity contribution in [2.24, 2.45) is 11.1 Å². The highest BCUT2D eigenvalue weighted by Gasteiger charge is 2.41. The minimum absolute atomic E-state index is 0.0994. The molecule has 0 amide bonds. The summed E-state index contributed by atoms with van der Waals surface area (Å²) in [5, 5.41) is 3.89. The van der Waals surface area contributed by atoms with Crippen LogP contribution >= 0.6 is 0 Å². The van der Waals surface area contributed by atoms with Crippen LogP contribution in [0.25, 0.3) is 0 Å². The van der Waals surface area contributed by atoms with Crippen LogP contribution in [0.2, 0.25) is 0 Å². The SMILES string of the molecule is CC1CC(CN)(NC2CCC(C)(C)C2)CC(C)O1. The Morgan fingerprint density at radius 3 is 2.22 bits per heavy atom. The van der Waals surface area contributed by atoms with Crippen molar-refractivity contribution in [2.75, 3.05) is 6.54 Å². The molecule has 1 heterocycles. The Morgan fingerprint density at radius 2 is 1.78 bits per heavy atom. The molecule has 18 heavy (non-hydrogen) atoms. The molecular weight excluding hydrogens is 224 g/mol. The van der Waals surface area contributed by atoms with Crippen LogP contribution < -0.4 is 11.1 Å². The molecule has 0 radical (unpaired) electrons. The summed E-state index contributed by atoms with van der Waals surface area (Å²) in [4.78, 5) is 0. The number of hydrogen-bond donors (Lipinski definition) is 2. The van der Waals surface area contributed by atoms with Gasteiger partial charge in [0.1, 0.15) is 0 Å². The van der Waals surface area contributed by atoms with Gasteiger partial charge in [0, 0.05) is 18.1 Å². The highest BCUT2D eigenvalue weighted by atomic mass is 16.5. The van der Waals surface area contributed by atoms with Gasteiger partial charge in [0.05, 0.1) is 12.2 Å². The molecule has 0 aromatic heterocycles. The second kappa shape index (κ2) is 5.10. The summed E-state index contributed by atoms with van der Waals surface area (Å²) in [6.45, 7) is 9.81. The lowest BCUT2D eigenvalue weighted by atomic mass is 9.83. The van der Waals surface area contributed by atoms with E-state index in [1.54, 1.807) is 0 Å². The monoisotopic (exact) mass is 254 g/mol. The fraction of sp³-hybridized carbons (Fsp3) is 1.00. The van der Waals surface area contributed by atoms with E-state index >= 15 is 0 Å². The lowest BCUT2D eigenvalue weighted by Gasteiger charge is -2.44. The Morgan fingerprint density at radius 1 is 1.17 bits per heavy atom. The van der Waals surface area contributed by atoms with Gasteiger partial charge in [-0.3, -0.25) is 0 Å². The molecule has 3 unspecified atom stereocenters. The van der Waals surface area contributed by atoms with Gasteiger partial charge in [-0.05, 0) is 51.4 Å². The number of ether oxygens (including phenoxy) is 1. The summed E-state index contributed by atoms with van der Waals surface area (Å²) < 4.78 is 5.85. The van der Waals surface area contributed by atoms with Crippen LogP contribution in [0.1, 0.15) is 59.8 Å². The topological polar surface area (TPSA) is 47.3 Å². The maximum absolute atomic E-state index is 6.09. The van der Waals surface area contributed by atoms with E-state index in [-0.39, 0.29) is 5.54 Å². The minimum Gasteiger partial charge on any atom is -0.375 e. The van der Waals surface area contributed by atoms with Crippen LogP contribution in [0.3, 0.4) is 0 Å². The van der Waals surface area contributed by atoms with Gasteiger partial charge < -0.3 is 15.8 Å². The molecule has 3 N–H and O–H groups in total. The number of nitrogens with two attached hydrogens (primary N) is 1. The first kappa shape index (κ1) is 14.3. The second-order valence-corrected chi connectivity index (χ2v) is 7.40. The molecule has 1 aliphatic carbocycles. The zero-order valence-electron chi connectivity index (χ0n) is 12.5. The van der Waals surface area contributed by atoms with E-state index in [9.17, 15) is 0 Å². The molecular formula is C15H30N2O. The van der Waals surface area contributed by atoms with E-state index in [4.69, 9.17) is 10.5 Å². The number of nitrogens with one attached hydrogen (secondary N) is 1. The van der Waals surface area contributed by atoms with Crippen molar-refractivity contribution in [1.82, 2.24) is 5.32 Å². The number of hydrogen-bond acceptors (Lipinski definition) is 3. The normalized spacial score (nSPS) is 44.2. The smallest absolute Gasteiger partial charge is 0.0568 e. The van der Waals surface area contributed by atoms with Crippen molar-refractivity contribution < 1.29 is 4.74 Å². The van der Waals surface area contributed by atoms with E-state index in [1.165, 1.54) is 19.3 Å². The zero-order valence-corrected chi connectivity index (χ0v) is 12.5. The van der Waals surface area contributed by atoms with Gasteiger partial charge in [0.25, 0.3) is 0 Å². The predicted molar refractivity (Wildman–Crippen MR) is 75.6 cm³/mol. The average molecular weight is 254 g/mol. The van der Waals surface area contributed by atoms with Crippen molar-refractivity contribution >= 4 is 0 Å². The van der Waals surface area contributed by atoms with Crippen molar-refractivity contribution in [2.45, 2.75) is 83.6 Å². The van der Waals surface area contributed by atoms with Crippen molar-refractivity contribution in [3.05, 3.63) is 0 Å². The molecule has 3 atom stereocenters. The van der Waals surface area contributed by atoms with E-state index in [0.717, 1.165) is 19.4 Å². The van der Waals surface area contributed by atoms with Crippen molar-refractivity contribution in [1.29, 1.82) is 0 Å². The Balaban J connectivity index is 2.00. The molecule has 2 fully saturated rings. The van der Waals surface area contributed by atoms with E-state index < -0.39 is 0 Å². The van der Waals surface area contributed by atoms with Crippen molar-refractivity contribution in [3.8, 4) is 0 Å². The Bertz CT molecular complexity index is 280. The maximum atomic E-state index is 6.09. The summed E-state index contributed by atoms with van der Waals surface area (Å²) in [5.41, 5.74) is 6.69. The zero-order chi connectivity index (χ0) is 13.4. The van der Waals surface area contributed by atoms with Gasteiger partial charge in [0.15, 0.2) is 0 Å². The molecule has 106 valence electrons. The molecule has 0 spiro atoms. The summed E-state index contributed by atoms with van der Waals surface area (Å²) in [5.74, 6) is 0. The van der Waals surface area contributed by atoms with Crippen LogP contribution in [0, 0.1) is 5.41 Å². The van der Waals surface area contributed by atoms with Gasteiger partial charge in [-0.1, -0.05) is 13.8 Å². The highest BCUT2D eigenvalue weighted by Crippen LogP contribution is 2.39. The average Bonchev–Trinajstić information content (AvgIpc) is 2.56. The second-order valence-electron chi connectivity index (χ2n) is 7.40. The first-order chi connectivity index (χ1) is 8.34. The van der Waals surface area contributed by atoms with E-state index in [2.05, 4.69) is 33.0 Å². The first-order valence-electron chi connectivity index (χ1n) is 7.47. The Kier molecular flexibility index (Phi) is 4.05. The largest absolute Gasteiger partial charge is 0.375 e. The summed E-state index contributed by atoms with van der Waals surface area (Å²) in [7, 11) is 0. The third-order valence-electron chi connectivity index (χ3n) is 4.69. The molecule has 0 aromatic carbocycles. The molecule has 2 aliphatic rings. The molecule has 0 aromatic rings. The summed E-state index contributed by atoms with van der Waals surface area (Å²) in [6, 6.07) is 0.640. The van der Waals surface area contributed by atoms with Crippen molar-refractivity contribution in [3.63, 3.8) is 0 Å². The highest BCUT2D eigenvalue weighted by molar-refractivity contribution is 5.00. The third-order valence-corrected chi connectivity index (χ3v) is 4.69. The van der Waals surface area contributed by atoms with Gasteiger partial charge in [-0.2, -0.15) is 0 Å². The predicted octanol–water partition coefficient (Wildman–Crippen LogP) is 2.44. The molecule has 1 aliphatic heterocycles. The van der Waals surface area contributed by atoms with Crippen LogP contribution in [-0.2, 0) is 4.74 Å². The fourth-order valence-corrected chi connectivity index (χ4v) is 4.01. The fourth-order valence-electron chi connectivity index (χ4n) is 4.01. The molecule has 1 saturated heterocycles. The molecule has 3 heteroatoms. The van der Waals surface area contributed by atoms with Gasteiger partial charge in [0.2, 0.25) is 0 Å². The molecule has 0 bridgehead atoms. The quantitative estimate of drug-likeness (QED) is 0.813. The molecule has 3 nitrogen and oxygen atoms in total. The Labute approximate surface area is 112 Å². The number of rotatable bonds is 3. The lowest BCUT2D eigenvalue weighted by molar-refractivity contribution is -0.0694. The van der Waals surface area contributed by atoms with Gasteiger partial charge in [-0.25, -0.2) is 0 Å². The third kappa shape index (κ3) is 3.25.